The van der Waals surface area contributed by atoms with Crippen LogP contribution in [0.25, 0.3) is 5.69 Å². The third kappa shape index (κ3) is 6.18. The van der Waals surface area contributed by atoms with Crippen LogP contribution in [0.2, 0.25) is 0 Å². The first-order valence-electron chi connectivity index (χ1n) is 10.5. The molecule has 0 bridgehead atoms. The Kier molecular flexibility index (Phi) is 7.59. The smallest absolute Gasteiger partial charge is 0.350 e. The van der Waals surface area contributed by atoms with E-state index in [0.29, 0.717) is 23.0 Å². The number of hydrazone groups is 1. The number of esters is 1. The van der Waals surface area contributed by atoms with Gasteiger partial charge in [-0.05, 0) is 47.7 Å². The van der Waals surface area contributed by atoms with E-state index in [-0.39, 0.29) is 22.9 Å². The number of thioether (sulfide) groups is 1. The Morgan fingerprint density at radius 2 is 1.92 bits per heavy atom. The maximum atomic E-state index is 12.5. The Balaban J connectivity index is 1.35. The molecule has 2 heterocycles. The summed E-state index contributed by atoms with van der Waals surface area (Å²) in [4.78, 5) is 59.4. The first-order valence-corrected chi connectivity index (χ1v) is 11.3. The zero-order valence-corrected chi connectivity index (χ0v) is 19.9. The van der Waals surface area contributed by atoms with Gasteiger partial charge in [0.05, 0.1) is 23.9 Å². The van der Waals surface area contributed by atoms with Crippen molar-refractivity contribution in [2.45, 2.75) is 6.54 Å². The zero-order chi connectivity index (χ0) is 26.4. The molecule has 0 radical (unpaired) electrons. The van der Waals surface area contributed by atoms with Gasteiger partial charge in [-0.3, -0.25) is 19.7 Å². The molecule has 1 aromatic heterocycles. The van der Waals surface area contributed by atoms with Crippen molar-refractivity contribution in [1.82, 2.24) is 25.1 Å². The lowest BCUT2D eigenvalue weighted by Crippen LogP contribution is -2.31. The molecule has 1 aliphatic heterocycles. The SMILES string of the molecule is COc1cc(/C=N\NC(=O)Cn2ncn(-c3ccccc3)c2=O)ccc1OC(=O)/C=C1\SC(=O)NC1=O. The zero-order valence-electron chi connectivity index (χ0n) is 19.1. The summed E-state index contributed by atoms with van der Waals surface area (Å²) in [6, 6.07) is 13.3. The summed E-state index contributed by atoms with van der Waals surface area (Å²) in [5.41, 5.74) is 2.95. The molecule has 3 amide bonds. The van der Waals surface area contributed by atoms with E-state index in [9.17, 15) is 24.0 Å². The van der Waals surface area contributed by atoms with E-state index < -0.39 is 28.7 Å². The second kappa shape index (κ2) is 11.2. The normalized spacial score (nSPS) is 14.1. The maximum absolute atomic E-state index is 12.5. The van der Waals surface area contributed by atoms with Gasteiger partial charge in [-0.25, -0.2) is 24.3 Å². The van der Waals surface area contributed by atoms with Gasteiger partial charge in [-0.15, -0.1) is 0 Å². The monoisotopic (exact) mass is 522 g/mol. The number of para-hydroxylation sites is 1. The van der Waals surface area contributed by atoms with E-state index in [2.05, 4.69) is 15.6 Å². The number of imide groups is 1. The van der Waals surface area contributed by atoms with E-state index in [1.54, 1.807) is 30.3 Å². The van der Waals surface area contributed by atoms with Gasteiger partial charge in [0.15, 0.2) is 11.5 Å². The van der Waals surface area contributed by atoms with E-state index >= 15 is 0 Å². The van der Waals surface area contributed by atoms with Crippen LogP contribution in [0, 0.1) is 0 Å². The quantitative estimate of drug-likeness (QED) is 0.144. The summed E-state index contributed by atoms with van der Waals surface area (Å²) in [6.45, 7) is -0.342. The van der Waals surface area contributed by atoms with Gasteiger partial charge >= 0.3 is 11.7 Å². The number of methoxy groups -OCH3 is 1. The molecule has 1 saturated heterocycles. The molecule has 188 valence electrons. The van der Waals surface area contributed by atoms with Gasteiger partial charge in [0.25, 0.3) is 17.1 Å². The minimum atomic E-state index is -0.871. The van der Waals surface area contributed by atoms with Crippen LogP contribution in [0.4, 0.5) is 4.79 Å². The number of amides is 3. The predicted octanol–water partition coefficient (Wildman–Crippen LogP) is 0.965. The minimum absolute atomic E-state index is 0.0636. The van der Waals surface area contributed by atoms with Crippen molar-refractivity contribution in [2.24, 2.45) is 5.10 Å². The molecule has 1 aliphatic rings. The molecule has 2 N–H and O–H groups in total. The molecule has 0 aliphatic carbocycles. The number of benzene rings is 2. The van der Waals surface area contributed by atoms with Crippen molar-refractivity contribution in [3.8, 4) is 17.2 Å². The highest BCUT2D eigenvalue weighted by Crippen LogP contribution is 2.29. The lowest BCUT2D eigenvalue weighted by molar-refractivity contribution is -0.129. The number of aromatic nitrogens is 3. The van der Waals surface area contributed by atoms with Crippen LogP contribution >= 0.6 is 11.8 Å². The Bertz CT molecular complexity index is 1490. The molecule has 0 spiro atoms. The second-order valence-corrected chi connectivity index (χ2v) is 8.27. The summed E-state index contributed by atoms with van der Waals surface area (Å²) in [7, 11) is 1.36. The molecule has 37 heavy (non-hydrogen) atoms. The molecule has 13 nitrogen and oxygen atoms in total. The Hall–Kier alpha value is -4.98. The van der Waals surface area contributed by atoms with E-state index in [4.69, 9.17) is 9.47 Å². The third-order valence-electron chi connectivity index (χ3n) is 4.75. The van der Waals surface area contributed by atoms with Gasteiger partial charge in [0, 0.05) is 6.08 Å². The summed E-state index contributed by atoms with van der Waals surface area (Å²) < 4.78 is 12.7. The van der Waals surface area contributed by atoms with Crippen LogP contribution in [-0.2, 0) is 20.9 Å². The number of rotatable bonds is 8. The molecule has 4 rings (SSSR count). The average molecular weight is 522 g/mol. The first kappa shape index (κ1) is 25.1. The van der Waals surface area contributed by atoms with Gasteiger partial charge < -0.3 is 9.47 Å². The molecule has 0 saturated carbocycles. The van der Waals surface area contributed by atoms with E-state index in [1.165, 1.54) is 36.4 Å². The number of nitrogens with zero attached hydrogens (tertiary/aromatic N) is 4. The predicted molar refractivity (Wildman–Crippen MR) is 131 cm³/mol. The first-order chi connectivity index (χ1) is 17.8. The number of nitrogens with one attached hydrogen (secondary N) is 2. The average Bonchev–Trinajstić information content (AvgIpc) is 3.40. The Morgan fingerprint density at radius 3 is 2.62 bits per heavy atom. The molecular weight excluding hydrogens is 504 g/mol. The largest absolute Gasteiger partial charge is 0.493 e. The molecule has 3 aromatic rings. The lowest BCUT2D eigenvalue weighted by atomic mass is 10.2. The van der Waals surface area contributed by atoms with E-state index in [0.717, 1.165) is 10.8 Å². The molecule has 14 heteroatoms. The number of carbonyl (C=O) groups is 4. The standard InChI is InChI=1S/C23H18N6O7S/c1-35-17-9-14(7-8-16(17)36-20(31)10-18-21(32)26-22(33)37-18)11-24-27-19(30)12-29-23(34)28(13-25-29)15-5-3-2-4-6-15/h2-11,13H,12H2,1H3,(H,27,30)(H,26,32,33)/b18-10-,24-11-. The molecule has 1 fully saturated rings. The molecule has 2 aromatic carbocycles. The third-order valence-corrected chi connectivity index (χ3v) is 5.56. The number of carbonyl (C=O) groups excluding carboxylic acids is 4. The molecular formula is C23H18N6O7S. The Labute approximate surface area is 212 Å². The van der Waals surface area contributed by atoms with Gasteiger partial charge in [0.1, 0.15) is 12.9 Å². The van der Waals surface area contributed by atoms with Crippen molar-refractivity contribution >= 4 is 41.0 Å². The topological polar surface area (TPSA) is 163 Å². The van der Waals surface area contributed by atoms with Crippen LogP contribution in [0.5, 0.6) is 11.5 Å². The van der Waals surface area contributed by atoms with E-state index in [1.807, 2.05) is 11.4 Å². The minimum Gasteiger partial charge on any atom is -0.493 e. The van der Waals surface area contributed by atoms with Crippen LogP contribution in [-0.4, -0.2) is 50.7 Å². The van der Waals surface area contributed by atoms with Gasteiger partial charge in [-0.1, -0.05) is 18.2 Å². The highest BCUT2D eigenvalue weighted by molar-refractivity contribution is 8.18. The Morgan fingerprint density at radius 1 is 1.14 bits per heavy atom. The number of hydrogen-bond acceptors (Lipinski definition) is 10. The summed E-state index contributed by atoms with van der Waals surface area (Å²) in [5, 5.41) is 9.26. The highest BCUT2D eigenvalue weighted by Gasteiger charge is 2.26. The highest BCUT2D eigenvalue weighted by atomic mass is 32.2. The summed E-state index contributed by atoms with van der Waals surface area (Å²) >= 11 is 0.591. The van der Waals surface area contributed by atoms with Crippen LogP contribution in [0.1, 0.15) is 5.56 Å². The lowest BCUT2D eigenvalue weighted by Gasteiger charge is -2.08. The fraction of sp³-hybridized carbons (Fsp3) is 0.0870. The van der Waals surface area contributed by atoms with Crippen LogP contribution in [0.15, 0.2) is 75.7 Å². The molecule has 0 unspecified atom stereocenters. The van der Waals surface area contributed by atoms with Crippen LogP contribution in [0.3, 0.4) is 0 Å². The second-order valence-electron chi connectivity index (χ2n) is 7.25. The fourth-order valence-electron chi connectivity index (χ4n) is 3.08. The summed E-state index contributed by atoms with van der Waals surface area (Å²) in [6.07, 6.45) is 3.56. The van der Waals surface area contributed by atoms with Crippen molar-refractivity contribution in [3.05, 3.63) is 81.9 Å². The summed E-state index contributed by atoms with van der Waals surface area (Å²) in [5.74, 6) is -1.88. The van der Waals surface area contributed by atoms with Gasteiger partial charge in [0.2, 0.25) is 0 Å². The van der Waals surface area contributed by atoms with Crippen molar-refractivity contribution in [3.63, 3.8) is 0 Å². The number of ether oxygens (including phenoxy) is 2. The number of hydrogen-bond donors (Lipinski definition) is 2. The van der Waals surface area contributed by atoms with Crippen molar-refractivity contribution in [1.29, 1.82) is 0 Å². The van der Waals surface area contributed by atoms with Gasteiger partial charge in [-0.2, -0.15) is 10.2 Å². The van der Waals surface area contributed by atoms with Crippen LogP contribution < -0.4 is 25.9 Å². The fourth-order valence-corrected chi connectivity index (χ4v) is 3.72. The van der Waals surface area contributed by atoms with Crippen molar-refractivity contribution in [2.75, 3.05) is 7.11 Å². The maximum Gasteiger partial charge on any atom is 0.350 e. The molecule has 0 atom stereocenters. The van der Waals surface area contributed by atoms with Crippen molar-refractivity contribution < 1.29 is 28.7 Å².